The minimum absolute atomic E-state index is 0.137. The van der Waals surface area contributed by atoms with E-state index in [4.69, 9.17) is 14.3 Å². The number of hydrogen-bond acceptors (Lipinski definition) is 5. The van der Waals surface area contributed by atoms with Crippen molar-refractivity contribution >= 4 is 10.4 Å². The van der Waals surface area contributed by atoms with Crippen molar-refractivity contribution in [2.24, 2.45) is 39.6 Å². The number of fused-ring (bicyclic) bond motifs is 5. The molecule has 0 spiro atoms. The molecule has 1 aromatic heterocycles. The zero-order valence-electron chi connectivity index (χ0n) is 19.6. The lowest BCUT2D eigenvalue weighted by atomic mass is 9.45. The van der Waals surface area contributed by atoms with Crippen molar-refractivity contribution in [3.8, 4) is 0 Å². The van der Waals surface area contributed by atoms with Crippen LogP contribution in [0.3, 0.4) is 0 Å². The molecule has 4 saturated carbocycles. The summed E-state index contributed by atoms with van der Waals surface area (Å²) in [5.74, 6) is 2.43. The van der Waals surface area contributed by atoms with E-state index in [0.717, 1.165) is 38.5 Å². The Hall–Kier alpha value is -1.67. The van der Waals surface area contributed by atoms with Crippen molar-refractivity contribution < 1.29 is 17.2 Å². The van der Waals surface area contributed by atoms with Gasteiger partial charge in [-0.05, 0) is 110 Å². The largest absolute Gasteiger partial charge is 0.397 e. The highest BCUT2D eigenvalue weighted by molar-refractivity contribution is 7.80. The van der Waals surface area contributed by atoms with Gasteiger partial charge in [0.15, 0.2) is 0 Å². The molecule has 9 heteroatoms. The van der Waals surface area contributed by atoms with Gasteiger partial charge in [-0.15, -0.1) is 0 Å². The van der Waals surface area contributed by atoms with Gasteiger partial charge in [-0.2, -0.15) is 8.42 Å². The fourth-order valence-corrected chi connectivity index (χ4v) is 8.53. The van der Waals surface area contributed by atoms with Crippen LogP contribution in [0.25, 0.3) is 10.4 Å². The molecule has 0 aliphatic heterocycles. The van der Waals surface area contributed by atoms with E-state index in [1.54, 1.807) is 12.4 Å². The first kappa shape index (κ1) is 24.5. The molecule has 4 aliphatic carbocycles. The van der Waals surface area contributed by atoms with Gasteiger partial charge in [0.25, 0.3) is 0 Å². The highest BCUT2D eigenvalue weighted by atomic mass is 32.3. The molecule has 8 nitrogen and oxygen atoms in total. The summed E-state index contributed by atoms with van der Waals surface area (Å²) in [6, 6.07) is 5.85. The standard InChI is InChI=1S/C19H31N3O4S.C5H5N/c1-18-9-7-13(26-27(23,24)25)11-12(18)3-4-14-15-5-6-17(21-22-20)19(15,2)10-8-16(14)18;1-2-4-6-5-3-1/h12-17H,3-11H2,1-2H3,(H,23,24,25);1-5H/t12-,13?,14?,15?,16?,17-,18+,19+;/m1./s1. The van der Waals surface area contributed by atoms with Crippen molar-refractivity contribution in [2.45, 2.75) is 83.8 Å². The molecule has 0 saturated heterocycles. The number of azide groups is 1. The fourth-order valence-electron chi connectivity index (χ4n) is 8.02. The molecule has 0 radical (unpaired) electrons. The normalized spacial score (nSPS) is 41.9. The Morgan fingerprint density at radius 3 is 2.30 bits per heavy atom. The molecular weight excluding hydrogens is 440 g/mol. The zero-order valence-corrected chi connectivity index (χ0v) is 20.4. The molecule has 0 amide bonds. The Bertz CT molecular complexity index is 943. The van der Waals surface area contributed by atoms with Crippen molar-refractivity contribution in [3.63, 3.8) is 0 Å². The van der Waals surface area contributed by atoms with Crippen molar-refractivity contribution in [1.82, 2.24) is 4.98 Å². The molecule has 1 aromatic rings. The minimum Gasteiger partial charge on any atom is -0.265 e. The van der Waals surface area contributed by atoms with Gasteiger partial charge in [0.2, 0.25) is 0 Å². The van der Waals surface area contributed by atoms with E-state index in [1.165, 1.54) is 12.8 Å². The molecular formula is C24H36N4O4S. The zero-order chi connectivity index (χ0) is 23.7. The average Bonchev–Trinajstić information content (AvgIpc) is 3.11. The summed E-state index contributed by atoms with van der Waals surface area (Å²) >= 11 is 0. The third-order valence-corrected chi connectivity index (χ3v) is 10.1. The van der Waals surface area contributed by atoms with E-state index in [0.29, 0.717) is 30.1 Å². The van der Waals surface area contributed by atoms with E-state index in [1.807, 2.05) is 18.2 Å². The van der Waals surface area contributed by atoms with Crippen molar-refractivity contribution in [2.75, 3.05) is 0 Å². The maximum Gasteiger partial charge on any atom is 0.397 e. The second kappa shape index (κ2) is 9.53. The SMILES string of the molecule is C[C@]12CCC3C(CC[C@@H]4CC(OS(=O)(=O)O)CC[C@]34C)C1CC[C@H]2N=[N+]=[N-].c1ccncc1. The molecule has 4 unspecified atom stereocenters. The van der Waals surface area contributed by atoms with E-state index >= 15 is 0 Å². The number of aromatic nitrogens is 1. The van der Waals surface area contributed by atoms with Crippen LogP contribution < -0.4 is 0 Å². The lowest BCUT2D eigenvalue weighted by Gasteiger charge is -2.60. The second-order valence-corrected chi connectivity index (χ2v) is 12.0. The average molecular weight is 477 g/mol. The first-order valence-electron chi connectivity index (χ1n) is 12.2. The molecule has 8 atom stereocenters. The predicted molar refractivity (Wildman–Crippen MR) is 125 cm³/mol. The Morgan fingerprint density at radius 1 is 1.00 bits per heavy atom. The van der Waals surface area contributed by atoms with Crippen LogP contribution >= 0.6 is 0 Å². The van der Waals surface area contributed by atoms with Crippen LogP contribution in [-0.4, -0.2) is 30.1 Å². The highest BCUT2D eigenvalue weighted by Crippen LogP contribution is 2.66. The Kier molecular flexibility index (Phi) is 7.06. The number of pyridine rings is 1. The third-order valence-electron chi connectivity index (χ3n) is 9.58. The lowest BCUT2D eigenvalue weighted by Crippen LogP contribution is -2.54. The first-order chi connectivity index (χ1) is 15.7. The summed E-state index contributed by atoms with van der Waals surface area (Å²) < 4.78 is 36.2. The van der Waals surface area contributed by atoms with Gasteiger partial charge in [-0.3, -0.25) is 9.54 Å². The summed E-state index contributed by atoms with van der Waals surface area (Å²) in [5, 5.41) is 4.14. The molecule has 1 heterocycles. The molecule has 0 aromatic carbocycles. The lowest BCUT2D eigenvalue weighted by molar-refractivity contribution is -0.119. The van der Waals surface area contributed by atoms with Gasteiger partial charge in [-0.25, -0.2) is 4.18 Å². The Labute approximate surface area is 197 Å². The van der Waals surface area contributed by atoms with Gasteiger partial charge in [0, 0.05) is 23.3 Å². The van der Waals surface area contributed by atoms with E-state index in [9.17, 15) is 8.42 Å². The smallest absolute Gasteiger partial charge is 0.265 e. The summed E-state index contributed by atoms with van der Waals surface area (Å²) in [4.78, 5) is 6.90. The van der Waals surface area contributed by atoms with Crippen molar-refractivity contribution in [1.29, 1.82) is 0 Å². The van der Waals surface area contributed by atoms with E-state index in [-0.39, 0.29) is 23.0 Å². The monoisotopic (exact) mass is 476 g/mol. The maximum atomic E-state index is 11.1. The van der Waals surface area contributed by atoms with Crippen molar-refractivity contribution in [3.05, 3.63) is 41.0 Å². The molecule has 182 valence electrons. The molecule has 33 heavy (non-hydrogen) atoms. The van der Waals surface area contributed by atoms with Crippen LogP contribution in [0.15, 0.2) is 35.7 Å². The van der Waals surface area contributed by atoms with Crippen LogP contribution in [-0.2, 0) is 14.6 Å². The van der Waals surface area contributed by atoms with Crippen LogP contribution in [0.1, 0.15) is 71.6 Å². The maximum absolute atomic E-state index is 11.1. The molecule has 4 aliphatic rings. The van der Waals surface area contributed by atoms with Gasteiger partial charge in [-0.1, -0.05) is 25.0 Å². The number of hydrogen-bond donors (Lipinski definition) is 1. The third kappa shape index (κ3) is 4.92. The van der Waals surface area contributed by atoms with Gasteiger partial charge < -0.3 is 0 Å². The van der Waals surface area contributed by atoms with Gasteiger partial charge in [0.1, 0.15) is 0 Å². The van der Waals surface area contributed by atoms with Crippen LogP contribution in [0.2, 0.25) is 0 Å². The molecule has 4 fully saturated rings. The minimum atomic E-state index is -4.38. The summed E-state index contributed by atoms with van der Waals surface area (Å²) in [6.45, 7) is 4.74. The molecule has 0 bridgehead atoms. The molecule has 5 rings (SSSR count). The highest BCUT2D eigenvalue weighted by Gasteiger charge is 2.60. The fraction of sp³-hybridized carbons (Fsp3) is 0.792. The number of nitrogens with zero attached hydrogens (tertiary/aromatic N) is 4. The summed E-state index contributed by atoms with van der Waals surface area (Å²) in [5.41, 5.74) is 9.31. The Morgan fingerprint density at radius 2 is 1.70 bits per heavy atom. The quantitative estimate of drug-likeness (QED) is 0.249. The predicted octanol–water partition coefficient (Wildman–Crippen LogP) is 5.98. The van der Waals surface area contributed by atoms with Crippen LogP contribution in [0.4, 0.5) is 0 Å². The van der Waals surface area contributed by atoms with E-state index in [2.05, 4.69) is 28.9 Å². The molecule has 1 N–H and O–H groups in total. The Balaban J connectivity index is 0.000000376. The van der Waals surface area contributed by atoms with Crippen LogP contribution in [0.5, 0.6) is 0 Å². The number of rotatable bonds is 3. The summed E-state index contributed by atoms with van der Waals surface area (Å²) in [6.07, 6.45) is 12.2. The van der Waals surface area contributed by atoms with Crippen LogP contribution in [0, 0.1) is 34.5 Å². The van der Waals surface area contributed by atoms with Gasteiger partial charge in [0.05, 0.1) is 6.10 Å². The van der Waals surface area contributed by atoms with E-state index < -0.39 is 10.4 Å². The topological polar surface area (TPSA) is 125 Å². The summed E-state index contributed by atoms with van der Waals surface area (Å²) in [7, 11) is -4.38. The first-order valence-corrected chi connectivity index (χ1v) is 13.6. The second-order valence-electron chi connectivity index (χ2n) is 10.9. The van der Waals surface area contributed by atoms with Gasteiger partial charge >= 0.3 is 10.4 Å².